The van der Waals surface area contributed by atoms with Crippen molar-refractivity contribution in [2.24, 2.45) is 5.92 Å². The summed E-state index contributed by atoms with van der Waals surface area (Å²) >= 11 is 0. The molecule has 0 nitrogen and oxygen atoms in total. The summed E-state index contributed by atoms with van der Waals surface area (Å²) in [6, 6.07) is 7.18. The highest BCUT2D eigenvalue weighted by Gasteiger charge is 2.22. The van der Waals surface area contributed by atoms with Gasteiger partial charge in [-0.2, -0.15) is 0 Å². The van der Waals surface area contributed by atoms with Gasteiger partial charge in [0.2, 0.25) is 0 Å². The van der Waals surface area contributed by atoms with Crippen LogP contribution in [0.15, 0.2) is 36.9 Å². The Morgan fingerprint density at radius 2 is 1.80 bits per heavy atom. The Balaban J connectivity index is 2.07. The van der Waals surface area contributed by atoms with Crippen LogP contribution in [0.5, 0.6) is 0 Å². The third-order valence-corrected chi connectivity index (χ3v) is 3.45. The molecule has 0 spiro atoms. The topological polar surface area (TPSA) is 0 Å². The third-order valence-electron chi connectivity index (χ3n) is 3.45. The fraction of sp³-hybridized carbons (Fsp3) is 0.429. The molecule has 0 aliphatic heterocycles. The molecule has 0 N–H and O–H groups in total. The van der Waals surface area contributed by atoms with Gasteiger partial charge in [0, 0.05) is 0 Å². The van der Waals surface area contributed by atoms with Gasteiger partial charge in [-0.15, -0.1) is 6.58 Å². The van der Waals surface area contributed by atoms with Crippen molar-refractivity contribution in [2.45, 2.75) is 31.6 Å². The Kier molecular flexibility index (Phi) is 3.20. The second-order valence-electron chi connectivity index (χ2n) is 4.37. The minimum atomic E-state index is -0.0421. The van der Waals surface area contributed by atoms with Crippen LogP contribution in [0.4, 0.5) is 4.39 Å². The van der Waals surface area contributed by atoms with Crippen molar-refractivity contribution in [1.29, 1.82) is 0 Å². The molecule has 1 aliphatic rings. The molecule has 0 saturated heterocycles. The van der Waals surface area contributed by atoms with Gasteiger partial charge in [-0.3, -0.25) is 0 Å². The highest BCUT2D eigenvalue weighted by molar-refractivity contribution is 5.22. The first-order chi connectivity index (χ1) is 7.31. The Bertz CT molecular complexity index is 335. The van der Waals surface area contributed by atoms with E-state index in [0.717, 1.165) is 31.2 Å². The van der Waals surface area contributed by atoms with E-state index in [1.807, 2.05) is 18.2 Å². The summed E-state index contributed by atoms with van der Waals surface area (Å²) in [5.74, 6) is 1.02. The molecule has 1 aromatic carbocycles. The van der Waals surface area contributed by atoms with E-state index in [0.29, 0.717) is 11.8 Å². The van der Waals surface area contributed by atoms with Crippen LogP contribution in [0.25, 0.3) is 0 Å². The minimum absolute atomic E-state index is 0.0421. The molecular formula is C14H17F. The summed E-state index contributed by atoms with van der Waals surface area (Å²) in [5.41, 5.74) is 0.903. The molecule has 15 heavy (non-hydrogen) atoms. The molecule has 2 rings (SSSR count). The first-order valence-electron chi connectivity index (χ1n) is 5.68. The number of rotatable bonds is 2. The molecule has 1 aliphatic carbocycles. The highest BCUT2D eigenvalue weighted by atomic mass is 19.1. The predicted octanol–water partition coefficient (Wildman–Crippen LogP) is 4.29. The molecule has 0 radical (unpaired) electrons. The summed E-state index contributed by atoms with van der Waals surface area (Å²) in [6.45, 7) is 3.83. The number of hydrogen-bond donors (Lipinski definition) is 0. The Hall–Kier alpha value is -1.11. The molecule has 0 bridgehead atoms. The van der Waals surface area contributed by atoms with E-state index in [4.69, 9.17) is 0 Å². The molecule has 1 aromatic rings. The maximum Gasteiger partial charge on any atom is 0.126 e. The standard InChI is InChI=1S/C14H17F/c1-2-11-7-9-12(10-8-11)13-5-3-4-6-14(13)15/h2-6,11-12H,1,7-10H2. The first-order valence-corrected chi connectivity index (χ1v) is 5.68. The molecule has 80 valence electrons. The lowest BCUT2D eigenvalue weighted by atomic mass is 9.78. The minimum Gasteiger partial charge on any atom is -0.207 e. The van der Waals surface area contributed by atoms with Crippen molar-refractivity contribution < 1.29 is 4.39 Å². The summed E-state index contributed by atoms with van der Waals surface area (Å²) in [6.07, 6.45) is 6.54. The van der Waals surface area contributed by atoms with Crippen LogP contribution in [-0.2, 0) is 0 Å². The van der Waals surface area contributed by atoms with E-state index in [1.165, 1.54) is 0 Å². The van der Waals surface area contributed by atoms with Crippen LogP contribution >= 0.6 is 0 Å². The Labute approximate surface area is 90.8 Å². The third kappa shape index (κ3) is 2.28. The second kappa shape index (κ2) is 4.61. The van der Waals surface area contributed by atoms with Crippen molar-refractivity contribution in [1.82, 2.24) is 0 Å². The number of halogens is 1. The van der Waals surface area contributed by atoms with E-state index in [-0.39, 0.29) is 5.82 Å². The maximum absolute atomic E-state index is 13.5. The SMILES string of the molecule is C=CC1CCC(c2ccccc2F)CC1. The summed E-state index contributed by atoms with van der Waals surface area (Å²) < 4.78 is 13.5. The first kappa shape index (κ1) is 10.4. The predicted molar refractivity (Wildman–Crippen MR) is 61.3 cm³/mol. The lowest BCUT2D eigenvalue weighted by molar-refractivity contribution is 0.369. The van der Waals surface area contributed by atoms with E-state index in [9.17, 15) is 4.39 Å². The lowest BCUT2D eigenvalue weighted by Crippen LogP contribution is -2.12. The second-order valence-corrected chi connectivity index (χ2v) is 4.37. The van der Waals surface area contributed by atoms with Gasteiger partial charge in [-0.1, -0.05) is 24.3 Å². The molecule has 0 aromatic heterocycles. The molecular weight excluding hydrogens is 187 g/mol. The van der Waals surface area contributed by atoms with E-state index in [2.05, 4.69) is 6.58 Å². The van der Waals surface area contributed by atoms with Gasteiger partial charge in [-0.25, -0.2) is 4.39 Å². The molecule has 1 heteroatoms. The van der Waals surface area contributed by atoms with Gasteiger partial charge < -0.3 is 0 Å². The lowest BCUT2D eigenvalue weighted by Gasteiger charge is -2.27. The molecule has 1 fully saturated rings. The average molecular weight is 204 g/mol. The van der Waals surface area contributed by atoms with E-state index in [1.54, 1.807) is 12.1 Å². The van der Waals surface area contributed by atoms with Crippen LogP contribution in [0.2, 0.25) is 0 Å². The zero-order valence-corrected chi connectivity index (χ0v) is 8.95. The van der Waals surface area contributed by atoms with Gasteiger partial charge in [0.15, 0.2) is 0 Å². The largest absolute Gasteiger partial charge is 0.207 e. The van der Waals surface area contributed by atoms with Gasteiger partial charge in [0.25, 0.3) is 0 Å². The monoisotopic (exact) mass is 204 g/mol. The zero-order chi connectivity index (χ0) is 10.7. The molecule has 0 amide bonds. The zero-order valence-electron chi connectivity index (χ0n) is 8.95. The Morgan fingerprint density at radius 1 is 1.13 bits per heavy atom. The molecule has 0 atom stereocenters. The molecule has 0 unspecified atom stereocenters. The molecule has 1 saturated carbocycles. The maximum atomic E-state index is 13.5. The summed E-state index contributed by atoms with van der Waals surface area (Å²) in [7, 11) is 0. The van der Waals surface area contributed by atoms with Crippen LogP contribution in [-0.4, -0.2) is 0 Å². The average Bonchev–Trinajstić information content (AvgIpc) is 2.30. The van der Waals surface area contributed by atoms with E-state index >= 15 is 0 Å². The normalized spacial score (nSPS) is 26.2. The van der Waals surface area contributed by atoms with E-state index < -0.39 is 0 Å². The smallest absolute Gasteiger partial charge is 0.126 e. The fourth-order valence-electron chi connectivity index (χ4n) is 2.47. The molecule has 0 heterocycles. The van der Waals surface area contributed by atoms with Crippen molar-refractivity contribution in [3.63, 3.8) is 0 Å². The van der Waals surface area contributed by atoms with Gasteiger partial charge >= 0.3 is 0 Å². The fourth-order valence-corrected chi connectivity index (χ4v) is 2.47. The highest BCUT2D eigenvalue weighted by Crippen LogP contribution is 2.36. The number of hydrogen-bond acceptors (Lipinski definition) is 0. The number of allylic oxidation sites excluding steroid dienone is 1. The van der Waals surface area contributed by atoms with Crippen molar-refractivity contribution in [2.75, 3.05) is 0 Å². The quantitative estimate of drug-likeness (QED) is 0.630. The number of benzene rings is 1. The summed E-state index contributed by atoms with van der Waals surface area (Å²) in [5, 5.41) is 0. The van der Waals surface area contributed by atoms with Gasteiger partial charge in [-0.05, 0) is 49.1 Å². The van der Waals surface area contributed by atoms with Crippen LogP contribution in [0.3, 0.4) is 0 Å². The van der Waals surface area contributed by atoms with Crippen LogP contribution < -0.4 is 0 Å². The van der Waals surface area contributed by atoms with Gasteiger partial charge in [0.05, 0.1) is 0 Å². The van der Waals surface area contributed by atoms with Gasteiger partial charge in [0.1, 0.15) is 5.82 Å². The van der Waals surface area contributed by atoms with Crippen molar-refractivity contribution in [3.8, 4) is 0 Å². The van der Waals surface area contributed by atoms with Crippen LogP contribution in [0.1, 0.15) is 37.2 Å². The van der Waals surface area contributed by atoms with Crippen molar-refractivity contribution >= 4 is 0 Å². The van der Waals surface area contributed by atoms with Crippen molar-refractivity contribution in [3.05, 3.63) is 48.3 Å². The van der Waals surface area contributed by atoms with Crippen LogP contribution in [0, 0.1) is 11.7 Å². The Morgan fingerprint density at radius 3 is 2.40 bits per heavy atom. The summed E-state index contributed by atoms with van der Waals surface area (Å²) in [4.78, 5) is 0.